The summed E-state index contributed by atoms with van der Waals surface area (Å²) in [5.41, 5.74) is 13.0. The normalized spacial score (nSPS) is 12.0. The third-order valence-electron chi connectivity index (χ3n) is 12.6. The first-order valence-corrected chi connectivity index (χ1v) is 20.6. The minimum Gasteiger partial charge on any atom is -0.456 e. The van der Waals surface area contributed by atoms with Crippen LogP contribution in [0.15, 0.2) is 215 Å². The van der Waals surface area contributed by atoms with Crippen LogP contribution in [0.3, 0.4) is 0 Å². The van der Waals surface area contributed by atoms with Gasteiger partial charge in [0.1, 0.15) is 22.3 Å². The summed E-state index contributed by atoms with van der Waals surface area (Å²) in [7, 11) is 0. The lowest BCUT2D eigenvalue weighted by Gasteiger charge is -2.20. The Balaban J connectivity index is 1.15. The molecule has 0 aliphatic carbocycles. The maximum atomic E-state index is 6.35. The van der Waals surface area contributed by atoms with E-state index in [2.05, 4.69) is 194 Å². The highest BCUT2D eigenvalue weighted by Gasteiger charge is 2.21. The molecular formula is C58H34O2. The highest BCUT2D eigenvalue weighted by molar-refractivity contribution is 6.24. The molecule has 0 aliphatic heterocycles. The number of fused-ring (bicyclic) bond motifs is 10. The van der Waals surface area contributed by atoms with Gasteiger partial charge in [0.05, 0.1) is 0 Å². The minimum atomic E-state index is 0.890. The predicted molar refractivity (Wildman–Crippen MR) is 253 cm³/mol. The van der Waals surface area contributed by atoms with Crippen LogP contribution in [-0.4, -0.2) is 0 Å². The fourth-order valence-electron chi connectivity index (χ4n) is 9.71. The van der Waals surface area contributed by atoms with Crippen molar-refractivity contribution in [3.05, 3.63) is 206 Å². The van der Waals surface area contributed by atoms with Gasteiger partial charge >= 0.3 is 0 Å². The van der Waals surface area contributed by atoms with Crippen LogP contribution in [0, 0.1) is 0 Å². The van der Waals surface area contributed by atoms with Crippen LogP contribution in [0.4, 0.5) is 0 Å². The third-order valence-corrected chi connectivity index (χ3v) is 12.6. The molecule has 2 nitrogen and oxygen atoms in total. The summed E-state index contributed by atoms with van der Waals surface area (Å²) in [6.45, 7) is 0. The van der Waals surface area contributed by atoms with Gasteiger partial charge in [0.2, 0.25) is 0 Å². The van der Waals surface area contributed by atoms with E-state index in [1.807, 2.05) is 12.1 Å². The molecule has 13 rings (SSSR count). The van der Waals surface area contributed by atoms with E-state index < -0.39 is 0 Å². The summed E-state index contributed by atoms with van der Waals surface area (Å²) in [5.74, 6) is 0. The average molecular weight is 763 g/mol. The van der Waals surface area contributed by atoms with Crippen LogP contribution >= 0.6 is 0 Å². The van der Waals surface area contributed by atoms with Crippen molar-refractivity contribution >= 4 is 87.0 Å². The van der Waals surface area contributed by atoms with Crippen LogP contribution in [0.1, 0.15) is 0 Å². The Morgan fingerprint density at radius 2 is 0.550 bits per heavy atom. The summed E-state index contributed by atoms with van der Waals surface area (Å²) in [6, 6.07) is 75.1. The summed E-state index contributed by atoms with van der Waals surface area (Å²) in [4.78, 5) is 0. The van der Waals surface area contributed by atoms with Gasteiger partial charge in [-0.25, -0.2) is 0 Å². The monoisotopic (exact) mass is 762 g/mol. The van der Waals surface area contributed by atoms with Crippen molar-refractivity contribution < 1.29 is 8.83 Å². The molecule has 11 aromatic carbocycles. The van der Waals surface area contributed by atoms with Crippen molar-refractivity contribution in [2.24, 2.45) is 0 Å². The van der Waals surface area contributed by atoms with Gasteiger partial charge in [-0.1, -0.05) is 146 Å². The molecule has 0 aliphatic rings. The lowest BCUT2D eigenvalue weighted by atomic mass is 9.83. The lowest BCUT2D eigenvalue weighted by Crippen LogP contribution is -1.93. The molecule has 13 aromatic rings. The smallest absolute Gasteiger partial charge is 0.135 e. The van der Waals surface area contributed by atoms with Crippen LogP contribution < -0.4 is 0 Å². The fraction of sp³-hybridized carbons (Fsp3) is 0. The molecule has 0 radical (unpaired) electrons. The molecule has 0 amide bonds. The number of benzene rings is 11. The topological polar surface area (TPSA) is 26.3 Å². The first kappa shape index (κ1) is 33.1. The van der Waals surface area contributed by atoms with Crippen molar-refractivity contribution in [1.29, 1.82) is 0 Å². The summed E-state index contributed by atoms with van der Waals surface area (Å²) in [5, 5.41) is 14.2. The zero-order valence-corrected chi connectivity index (χ0v) is 32.4. The Kier molecular flexibility index (Phi) is 7.05. The molecule has 0 N–H and O–H groups in total. The van der Waals surface area contributed by atoms with Gasteiger partial charge in [0, 0.05) is 21.5 Å². The minimum absolute atomic E-state index is 0.890. The Hall–Kier alpha value is -7.94. The number of furan rings is 2. The van der Waals surface area contributed by atoms with Gasteiger partial charge < -0.3 is 8.83 Å². The van der Waals surface area contributed by atoms with Gasteiger partial charge in [-0.2, -0.15) is 0 Å². The zero-order valence-electron chi connectivity index (χ0n) is 32.4. The van der Waals surface area contributed by atoms with Crippen LogP contribution in [0.2, 0.25) is 0 Å². The number of hydrogen-bond acceptors (Lipinski definition) is 2. The van der Waals surface area contributed by atoms with Gasteiger partial charge in [-0.05, 0) is 148 Å². The molecule has 60 heavy (non-hydrogen) atoms. The number of rotatable bonds is 4. The molecule has 2 aromatic heterocycles. The molecule has 0 atom stereocenters. The Labute approximate surface area is 345 Å². The highest BCUT2D eigenvalue weighted by atomic mass is 16.3. The van der Waals surface area contributed by atoms with E-state index in [0.717, 1.165) is 55.0 Å². The van der Waals surface area contributed by atoms with Crippen molar-refractivity contribution in [1.82, 2.24) is 0 Å². The molecule has 0 bridgehead atoms. The molecular weight excluding hydrogens is 729 g/mol. The quantitative estimate of drug-likeness (QED) is 0.167. The number of hydrogen-bond donors (Lipinski definition) is 0. The van der Waals surface area contributed by atoms with Crippen LogP contribution in [0.25, 0.3) is 131 Å². The first-order chi connectivity index (χ1) is 29.7. The van der Waals surface area contributed by atoms with E-state index in [1.165, 1.54) is 76.5 Å². The second-order valence-electron chi connectivity index (χ2n) is 16.0. The van der Waals surface area contributed by atoms with Gasteiger partial charge in [0.15, 0.2) is 0 Å². The maximum absolute atomic E-state index is 6.35. The Bertz CT molecular complexity index is 3640. The molecule has 0 spiro atoms. The predicted octanol–water partition coefficient (Wildman–Crippen LogP) is 16.8. The number of para-hydroxylation sites is 2. The first-order valence-electron chi connectivity index (χ1n) is 20.6. The molecule has 278 valence electrons. The fourth-order valence-corrected chi connectivity index (χ4v) is 9.71. The SMILES string of the molecule is c1ccc2cc(-c3ccc4c(-c5ccc6oc7ccccc7c6c5)c5cc(-c6ccc7ccccc7c6)ccc5c(-c5ccc6oc7ccccc7c6c5)c4c3)ccc2c1. The van der Waals surface area contributed by atoms with E-state index in [-0.39, 0.29) is 0 Å². The Morgan fingerprint density at radius 1 is 0.200 bits per heavy atom. The lowest BCUT2D eigenvalue weighted by molar-refractivity contribution is 0.668. The third kappa shape index (κ3) is 5.08. The van der Waals surface area contributed by atoms with Crippen LogP contribution in [-0.2, 0) is 0 Å². The summed E-state index contributed by atoms with van der Waals surface area (Å²) < 4.78 is 12.7. The van der Waals surface area contributed by atoms with E-state index in [4.69, 9.17) is 8.83 Å². The molecule has 0 fully saturated rings. The highest BCUT2D eigenvalue weighted by Crippen LogP contribution is 2.48. The van der Waals surface area contributed by atoms with Gasteiger partial charge in [-0.15, -0.1) is 0 Å². The standard InChI is InChI=1S/C58H34O2/c1-3-11-37-29-39(19-17-35(37)9-1)41-21-25-47-51(31-41)57(43-23-27-55-49(33-43)45-13-5-7-15-53(45)59-55)48-26-22-42(40-20-18-36-10-2-4-12-38(36)30-40)32-52(48)58(47)44-24-28-56-50(34-44)46-14-6-8-16-54(46)60-56/h1-34H. The second kappa shape index (κ2) is 12.8. The molecule has 0 saturated heterocycles. The summed E-state index contributed by atoms with van der Waals surface area (Å²) in [6.07, 6.45) is 0. The van der Waals surface area contributed by atoms with Crippen molar-refractivity contribution in [3.8, 4) is 44.5 Å². The average Bonchev–Trinajstić information content (AvgIpc) is 3.88. The second-order valence-corrected chi connectivity index (χ2v) is 16.0. The molecule has 2 heterocycles. The van der Waals surface area contributed by atoms with Crippen molar-refractivity contribution in [2.75, 3.05) is 0 Å². The van der Waals surface area contributed by atoms with E-state index in [1.54, 1.807) is 0 Å². The Morgan fingerprint density at radius 3 is 1.03 bits per heavy atom. The molecule has 0 saturated carbocycles. The van der Waals surface area contributed by atoms with E-state index in [9.17, 15) is 0 Å². The zero-order chi connectivity index (χ0) is 39.3. The van der Waals surface area contributed by atoms with E-state index in [0.29, 0.717) is 0 Å². The van der Waals surface area contributed by atoms with Gasteiger partial charge in [0.25, 0.3) is 0 Å². The summed E-state index contributed by atoms with van der Waals surface area (Å²) >= 11 is 0. The molecule has 0 unspecified atom stereocenters. The largest absolute Gasteiger partial charge is 0.456 e. The van der Waals surface area contributed by atoms with Crippen molar-refractivity contribution in [3.63, 3.8) is 0 Å². The maximum Gasteiger partial charge on any atom is 0.135 e. The van der Waals surface area contributed by atoms with E-state index >= 15 is 0 Å². The van der Waals surface area contributed by atoms with Crippen LogP contribution in [0.5, 0.6) is 0 Å². The van der Waals surface area contributed by atoms with Gasteiger partial charge in [-0.3, -0.25) is 0 Å². The molecule has 2 heteroatoms. The van der Waals surface area contributed by atoms with Crippen molar-refractivity contribution in [2.45, 2.75) is 0 Å².